The monoisotopic (exact) mass is 315 g/mol. The predicted octanol–water partition coefficient (Wildman–Crippen LogP) is 3.23. The molecule has 0 aliphatic rings. The maximum absolute atomic E-state index is 5.70. The van der Waals surface area contributed by atoms with Gasteiger partial charge in [-0.3, -0.25) is 0 Å². The molecule has 4 heteroatoms. The Morgan fingerprint density at radius 1 is 1.28 bits per heavy atom. The summed E-state index contributed by atoms with van der Waals surface area (Å²) >= 11 is 3.47. The summed E-state index contributed by atoms with van der Waals surface area (Å²) in [5.74, 6) is 1.58. The molecule has 1 aromatic carbocycles. The first-order chi connectivity index (χ1) is 8.81. The van der Waals surface area contributed by atoms with Gasteiger partial charge in [0, 0.05) is 17.9 Å². The number of halogens is 1. The molecule has 0 saturated carbocycles. The molecular formula is C14H22BrNO2. The van der Waals surface area contributed by atoms with Crippen LogP contribution >= 0.6 is 15.9 Å². The van der Waals surface area contributed by atoms with Crippen LogP contribution in [0, 0.1) is 0 Å². The van der Waals surface area contributed by atoms with Crippen molar-refractivity contribution in [1.82, 2.24) is 5.32 Å². The molecule has 0 aliphatic carbocycles. The number of benzene rings is 1. The van der Waals surface area contributed by atoms with E-state index in [9.17, 15) is 0 Å². The van der Waals surface area contributed by atoms with Gasteiger partial charge in [-0.1, -0.05) is 35.0 Å². The largest absolute Gasteiger partial charge is 0.493 e. The highest BCUT2D eigenvalue weighted by Crippen LogP contribution is 2.25. The lowest BCUT2D eigenvalue weighted by molar-refractivity contribution is 0.284. The van der Waals surface area contributed by atoms with Crippen LogP contribution in [0.25, 0.3) is 0 Å². The molecule has 3 nitrogen and oxygen atoms in total. The molecule has 1 aromatic rings. The normalized spacial score (nSPS) is 12.2. The molecule has 1 N–H and O–H groups in total. The molecule has 0 amide bonds. The Kier molecular flexibility index (Phi) is 7.85. The van der Waals surface area contributed by atoms with Gasteiger partial charge in [0.2, 0.25) is 0 Å². The molecule has 1 atom stereocenters. The fourth-order valence-electron chi connectivity index (χ4n) is 1.74. The number of para-hydroxylation sites is 2. The fourth-order valence-corrected chi connectivity index (χ4v) is 2.30. The van der Waals surface area contributed by atoms with Crippen LogP contribution < -0.4 is 14.8 Å². The maximum Gasteiger partial charge on any atom is 0.161 e. The van der Waals surface area contributed by atoms with Gasteiger partial charge in [0.15, 0.2) is 11.5 Å². The number of hydrogen-bond donors (Lipinski definition) is 1. The van der Waals surface area contributed by atoms with Gasteiger partial charge in [0.25, 0.3) is 0 Å². The van der Waals surface area contributed by atoms with E-state index in [4.69, 9.17) is 9.47 Å². The van der Waals surface area contributed by atoms with Crippen molar-refractivity contribution in [1.29, 1.82) is 0 Å². The van der Waals surface area contributed by atoms with E-state index in [0.29, 0.717) is 12.6 Å². The molecular weight excluding hydrogens is 294 g/mol. The molecule has 102 valence electrons. The van der Waals surface area contributed by atoms with Crippen molar-refractivity contribution >= 4 is 15.9 Å². The zero-order valence-corrected chi connectivity index (χ0v) is 12.7. The van der Waals surface area contributed by atoms with Crippen LogP contribution in [0.15, 0.2) is 24.3 Å². The van der Waals surface area contributed by atoms with E-state index in [-0.39, 0.29) is 0 Å². The van der Waals surface area contributed by atoms with Gasteiger partial charge in [-0.15, -0.1) is 0 Å². The molecule has 0 spiro atoms. The Morgan fingerprint density at radius 3 is 2.61 bits per heavy atom. The van der Waals surface area contributed by atoms with Crippen LogP contribution in [-0.4, -0.2) is 31.6 Å². The van der Waals surface area contributed by atoms with Crippen LogP contribution in [-0.2, 0) is 0 Å². The van der Waals surface area contributed by atoms with Crippen LogP contribution in [0.1, 0.15) is 19.8 Å². The van der Waals surface area contributed by atoms with Crippen LogP contribution in [0.5, 0.6) is 11.5 Å². The van der Waals surface area contributed by atoms with Gasteiger partial charge in [0.05, 0.1) is 7.11 Å². The Hall–Kier alpha value is -0.740. The molecule has 18 heavy (non-hydrogen) atoms. The van der Waals surface area contributed by atoms with E-state index in [1.807, 2.05) is 24.3 Å². The first kappa shape index (κ1) is 15.3. The Labute approximate surface area is 118 Å². The molecule has 0 aliphatic heterocycles. The number of methoxy groups -OCH3 is 1. The van der Waals surface area contributed by atoms with E-state index in [1.165, 1.54) is 0 Å². The summed E-state index contributed by atoms with van der Waals surface area (Å²) in [4.78, 5) is 0. The Balaban J connectivity index is 2.28. The third kappa shape index (κ3) is 5.27. The first-order valence-electron chi connectivity index (χ1n) is 6.37. The van der Waals surface area contributed by atoms with E-state index >= 15 is 0 Å². The summed E-state index contributed by atoms with van der Waals surface area (Å²) < 4.78 is 10.9. The average Bonchev–Trinajstić information content (AvgIpc) is 2.42. The van der Waals surface area contributed by atoms with E-state index in [2.05, 4.69) is 28.2 Å². The smallest absolute Gasteiger partial charge is 0.161 e. The van der Waals surface area contributed by atoms with Gasteiger partial charge in [-0.2, -0.15) is 0 Å². The van der Waals surface area contributed by atoms with Gasteiger partial charge >= 0.3 is 0 Å². The lowest BCUT2D eigenvalue weighted by Gasteiger charge is -2.16. The molecule has 1 rings (SSSR count). The summed E-state index contributed by atoms with van der Waals surface area (Å²) in [6.07, 6.45) is 2.28. The lowest BCUT2D eigenvalue weighted by Crippen LogP contribution is -2.32. The molecule has 0 aromatic heterocycles. The van der Waals surface area contributed by atoms with Gasteiger partial charge in [-0.25, -0.2) is 0 Å². The third-order valence-electron chi connectivity index (χ3n) is 2.81. The molecule has 0 saturated heterocycles. The minimum atomic E-state index is 0.561. The van der Waals surface area contributed by atoms with Gasteiger partial charge in [0.1, 0.15) is 6.61 Å². The molecule has 1 unspecified atom stereocenters. The van der Waals surface area contributed by atoms with Crippen molar-refractivity contribution in [2.45, 2.75) is 25.8 Å². The lowest BCUT2D eigenvalue weighted by atomic mass is 10.2. The average molecular weight is 316 g/mol. The van der Waals surface area contributed by atoms with Crippen LogP contribution in [0.3, 0.4) is 0 Å². The van der Waals surface area contributed by atoms with E-state index < -0.39 is 0 Å². The molecule has 0 bridgehead atoms. The zero-order valence-electron chi connectivity index (χ0n) is 11.1. The van der Waals surface area contributed by atoms with Gasteiger partial charge in [-0.05, 0) is 25.0 Å². The predicted molar refractivity (Wildman–Crippen MR) is 79.0 cm³/mol. The molecule has 0 heterocycles. The van der Waals surface area contributed by atoms with Crippen molar-refractivity contribution in [3.05, 3.63) is 24.3 Å². The quantitative estimate of drug-likeness (QED) is 0.560. The number of ether oxygens (including phenoxy) is 2. The standard InChI is InChI=1S/C14H22BrNO2/c1-3-12(8-9-15)16-10-11-18-14-7-5-4-6-13(14)17-2/h4-7,12,16H,3,8-11H2,1-2H3. The van der Waals surface area contributed by atoms with Crippen molar-refractivity contribution in [3.63, 3.8) is 0 Å². The number of rotatable bonds is 9. The second kappa shape index (κ2) is 9.22. The second-order valence-electron chi connectivity index (χ2n) is 4.04. The summed E-state index contributed by atoms with van der Waals surface area (Å²) in [5.41, 5.74) is 0. The number of hydrogen-bond acceptors (Lipinski definition) is 3. The van der Waals surface area contributed by atoms with Crippen molar-refractivity contribution in [2.75, 3.05) is 25.6 Å². The minimum Gasteiger partial charge on any atom is -0.493 e. The summed E-state index contributed by atoms with van der Waals surface area (Å²) in [6, 6.07) is 8.28. The maximum atomic E-state index is 5.70. The molecule has 0 radical (unpaired) electrons. The SMILES string of the molecule is CCC(CCBr)NCCOc1ccccc1OC. The summed E-state index contributed by atoms with van der Waals surface area (Å²) in [7, 11) is 1.66. The Morgan fingerprint density at radius 2 is 2.00 bits per heavy atom. The highest BCUT2D eigenvalue weighted by Gasteiger charge is 2.05. The summed E-state index contributed by atoms with van der Waals surface area (Å²) in [6.45, 7) is 3.70. The van der Waals surface area contributed by atoms with Crippen LogP contribution in [0.4, 0.5) is 0 Å². The number of alkyl halides is 1. The molecule has 0 fully saturated rings. The van der Waals surface area contributed by atoms with Crippen molar-refractivity contribution in [2.24, 2.45) is 0 Å². The van der Waals surface area contributed by atoms with Crippen molar-refractivity contribution in [3.8, 4) is 11.5 Å². The highest BCUT2D eigenvalue weighted by molar-refractivity contribution is 9.09. The zero-order chi connectivity index (χ0) is 13.2. The van der Waals surface area contributed by atoms with Crippen LogP contribution in [0.2, 0.25) is 0 Å². The van der Waals surface area contributed by atoms with E-state index in [0.717, 1.165) is 36.2 Å². The van der Waals surface area contributed by atoms with Gasteiger partial charge < -0.3 is 14.8 Å². The fraction of sp³-hybridized carbons (Fsp3) is 0.571. The first-order valence-corrected chi connectivity index (χ1v) is 7.49. The Bertz CT molecular complexity index is 333. The van der Waals surface area contributed by atoms with Crippen molar-refractivity contribution < 1.29 is 9.47 Å². The topological polar surface area (TPSA) is 30.5 Å². The number of nitrogens with one attached hydrogen (secondary N) is 1. The van der Waals surface area contributed by atoms with E-state index in [1.54, 1.807) is 7.11 Å². The third-order valence-corrected chi connectivity index (χ3v) is 3.27. The highest BCUT2D eigenvalue weighted by atomic mass is 79.9. The second-order valence-corrected chi connectivity index (χ2v) is 4.83. The summed E-state index contributed by atoms with van der Waals surface area (Å²) in [5, 5.41) is 4.52. The minimum absolute atomic E-state index is 0.561.